The molecule has 0 aliphatic carbocycles. The summed E-state index contributed by atoms with van der Waals surface area (Å²) in [5.41, 5.74) is 0. The molecule has 0 bridgehead atoms. The van der Waals surface area contributed by atoms with Crippen molar-refractivity contribution in [3.63, 3.8) is 0 Å². The van der Waals surface area contributed by atoms with E-state index in [1.165, 1.54) is 0 Å². The van der Waals surface area contributed by atoms with E-state index in [1.807, 2.05) is 0 Å². The Kier molecular flexibility index (Phi) is 8.83. The Morgan fingerprint density at radius 3 is 1.91 bits per heavy atom. The third-order valence-corrected chi connectivity index (χ3v) is 1.92. The van der Waals surface area contributed by atoms with Crippen LogP contribution in [0.3, 0.4) is 0 Å². The monoisotopic (exact) mass is 232 g/mol. The van der Waals surface area contributed by atoms with Crippen molar-refractivity contribution in [1.29, 1.82) is 0 Å². The van der Waals surface area contributed by atoms with Gasteiger partial charge in [0.1, 0.15) is 0 Å². The van der Waals surface area contributed by atoms with Crippen LogP contribution in [-0.2, 0) is 4.57 Å². The highest BCUT2D eigenvalue weighted by Crippen LogP contribution is 2.06. The highest BCUT2D eigenvalue weighted by molar-refractivity contribution is 7.34. The van der Waals surface area contributed by atoms with Crippen LogP contribution in [0.2, 0.25) is 5.02 Å². The topological polar surface area (TPSA) is 17.1 Å². The third-order valence-electron chi connectivity index (χ3n) is 1.01. The molecule has 0 saturated carbocycles. The lowest BCUT2D eigenvalue weighted by molar-refractivity contribution is 0.603. The van der Waals surface area contributed by atoms with E-state index in [0.29, 0.717) is 5.02 Å². The van der Waals surface area contributed by atoms with E-state index in [4.69, 9.17) is 11.6 Å². The summed E-state index contributed by atoms with van der Waals surface area (Å²) in [5, 5.41) is 1.55. The van der Waals surface area contributed by atoms with E-state index < -0.39 is 8.46 Å². The van der Waals surface area contributed by atoms with Crippen molar-refractivity contribution < 1.29 is 4.57 Å². The van der Waals surface area contributed by atoms with Gasteiger partial charge in [-0.3, -0.25) is 0 Å². The van der Waals surface area contributed by atoms with E-state index in [2.05, 4.69) is 0 Å². The Morgan fingerprint density at radius 1 is 1.09 bits per heavy atom. The van der Waals surface area contributed by atoms with Crippen molar-refractivity contribution in [1.82, 2.24) is 0 Å². The lowest BCUT2D eigenvalue weighted by Crippen LogP contribution is -1.86. The number of halogens is 3. The van der Waals surface area contributed by atoms with E-state index in [0.717, 1.165) is 5.30 Å². The van der Waals surface area contributed by atoms with Crippen molar-refractivity contribution in [2.75, 3.05) is 0 Å². The molecule has 0 aromatic heterocycles. The zero-order valence-electron chi connectivity index (χ0n) is 5.49. The lowest BCUT2D eigenvalue weighted by Gasteiger charge is -1.88. The van der Waals surface area contributed by atoms with Crippen molar-refractivity contribution >= 4 is 50.2 Å². The van der Waals surface area contributed by atoms with Crippen LogP contribution in [0.5, 0.6) is 0 Å². The van der Waals surface area contributed by atoms with Crippen LogP contribution < -0.4 is 5.30 Å². The molecule has 0 spiro atoms. The van der Waals surface area contributed by atoms with E-state index >= 15 is 0 Å². The Morgan fingerprint density at radius 2 is 1.55 bits per heavy atom. The molecule has 11 heavy (non-hydrogen) atoms. The van der Waals surface area contributed by atoms with Gasteiger partial charge >= 0.3 is 0 Å². The Bertz CT molecular complexity index is 212. The second-order valence-electron chi connectivity index (χ2n) is 1.67. The van der Waals surface area contributed by atoms with Crippen LogP contribution in [0.1, 0.15) is 0 Å². The normalized spacial score (nSPS) is 8.82. The molecule has 1 rings (SSSR count). The fraction of sp³-hybridized carbons (Fsp3) is 0. The summed E-state index contributed by atoms with van der Waals surface area (Å²) in [7, 11) is -0.808. The maximum absolute atomic E-state index is 10.3. The average Bonchev–Trinajstić information content (AvgIpc) is 1.90. The molecule has 0 radical (unpaired) electrons. The fourth-order valence-corrected chi connectivity index (χ4v) is 1.02. The van der Waals surface area contributed by atoms with Gasteiger partial charge in [0.25, 0.3) is 0 Å². The molecule has 0 heterocycles. The smallest absolute Gasteiger partial charge is 0.0921 e. The summed E-state index contributed by atoms with van der Waals surface area (Å²) in [6, 6.07) is 7.01. The third kappa shape index (κ3) is 4.71. The van der Waals surface area contributed by atoms with Gasteiger partial charge in [0.2, 0.25) is 0 Å². The molecule has 0 N–H and O–H groups in total. The van der Waals surface area contributed by atoms with Gasteiger partial charge in [-0.1, -0.05) is 23.7 Å². The molecule has 0 fully saturated rings. The molecule has 5 heteroatoms. The molecule has 1 aromatic carbocycles. The van der Waals surface area contributed by atoms with Crippen LogP contribution in [0.15, 0.2) is 24.3 Å². The van der Waals surface area contributed by atoms with Crippen molar-refractivity contribution in [3.05, 3.63) is 29.3 Å². The largest absolute Gasteiger partial charge is 0.325 e. The van der Waals surface area contributed by atoms with Crippen LogP contribution in [0.25, 0.3) is 0 Å². The zero-order chi connectivity index (χ0) is 6.69. The van der Waals surface area contributed by atoms with Gasteiger partial charge in [-0.25, -0.2) is 0 Å². The molecular formula is C6H8Cl3OP. The first kappa shape index (κ1) is 13.9. The van der Waals surface area contributed by atoms with E-state index in [9.17, 15) is 4.57 Å². The second-order valence-corrected chi connectivity index (χ2v) is 3.01. The molecule has 0 amide bonds. The van der Waals surface area contributed by atoms with Crippen molar-refractivity contribution in [2.45, 2.75) is 0 Å². The van der Waals surface area contributed by atoms with Crippen LogP contribution >= 0.6 is 44.9 Å². The van der Waals surface area contributed by atoms with Gasteiger partial charge < -0.3 is 4.57 Å². The first-order valence-electron chi connectivity index (χ1n) is 2.53. The summed E-state index contributed by atoms with van der Waals surface area (Å²) in [5.74, 6) is 0. The van der Waals surface area contributed by atoms with E-state index in [-0.39, 0.29) is 24.8 Å². The quantitative estimate of drug-likeness (QED) is 0.681. The molecule has 1 nitrogen and oxygen atoms in total. The molecule has 1 atom stereocenters. The van der Waals surface area contributed by atoms with Gasteiger partial charge in [0.15, 0.2) is 0 Å². The highest BCUT2D eigenvalue weighted by Gasteiger charge is 1.85. The van der Waals surface area contributed by atoms with Gasteiger partial charge in [-0.15, -0.1) is 24.8 Å². The Labute approximate surface area is 84.2 Å². The first-order chi connectivity index (χ1) is 4.33. The van der Waals surface area contributed by atoms with Crippen molar-refractivity contribution in [2.24, 2.45) is 0 Å². The van der Waals surface area contributed by atoms with Crippen molar-refractivity contribution in [3.8, 4) is 0 Å². The highest BCUT2D eigenvalue weighted by atomic mass is 35.5. The number of hydrogen-bond donors (Lipinski definition) is 0. The van der Waals surface area contributed by atoms with Crippen LogP contribution in [0, 0.1) is 0 Å². The fourth-order valence-electron chi connectivity index (χ4n) is 0.541. The van der Waals surface area contributed by atoms with Crippen LogP contribution in [0.4, 0.5) is 0 Å². The number of rotatable bonds is 1. The van der Waals surface area contributed by atoms with Gasteiger partial charge in [-0.05, 0) is 12.1 Å². The molecule has 0 saturated heterocycles. The summed E-state index contributed by atoms with van der Waals surface area (Å²) < 4.78 is 10.3. The first-order valence-corrected chi connectivity index (χ1v) is 3.96. The predicted octanol–water partition coefficient (Wildman–Crippen LogP) is 2.57. The number of benzene rings is 1. The molecule has 64 valence electrons. The summed E-state index contributed by atoms with van der Waals surface area (Å²) in [4.78, 5) is 0. The summed E-state index contributed by atoms with van der Waals surface area (Å²) in [6.07, 6.45) is 0. The molecule has 0 aliphatic rings. The standard InChI is InChI=1S/C6H6ClOP.2ClH/c7-5-1-3-6(9-8)4-2-5;;/h1-4H,9H2;2*1H. The second kappa shape index (κ2) is 7.00. The maximum Gasteiger partial charge on any atom is 0.0921 e. The summed E-state index contributed by atoms with van der Waals surface area (Å²) in [6.45, 7) is 0. The number of hydrogen-bond acceptors (Lipinski definition) is 1. The molecule has 1 aromatic rings. The predicted molar refractivity (Wildman–Crippen MR) is 56.0 cm³/mol. The molecular weight excluding hydrogens is 225 g/mol. The van der Waals surface area contributed by atoms with Gasteiger partial charge in [0.05, 0.1) is 8.46 Å². The maximum atomic E-state index is 10.3. The zero-order valence-corrected chi connectivity index (χ0v) is 9.03. The Balaban J connectivity index is 0. The lowest BCUT2D eigenvalue weighted by atomic mass is 10.4. The van der Waals surface area contributed by atoms with E-state index in [1.54, 1.807) is 24.3 Å². The van der Waals surface area contributed by atoms with Crippen LogP contribution in [-0.4, -0.2) is 0 Å². The molecule has 0 aliphatic heterocycles. The SMILES string of the molecule is Cl.Cl.O=[PH2]c1ccc(Cl)cc1. The van der Waals surface area contributed by atoms with Gasteiger partial charge in [0, 0.05) is 10.3 Å². The minimum Gasteiger partial charge on any atom is -0.325 e. The molecule has 1 unspecified atom stereocenters. The van der Waals surface area contributed by atoms with Gasteiger partial charge in [-0.2, -0.15) is 0 Å². The minimum absolute atomic E-state index is 0. The average molecular weight is 233 g/mol. The Hall–Kier alpha value is 0.320. The summed E-state index contributed by atoms with van der Waals surface area (Å²) >= 11 is 5.58. The minimum atomic E-state index is -0.808.